The highest BCUT2D eigenvalue weighted by Gasteiger charge is 2.54. The Morgan fingerprint density at radius 2 is 1.07 bits per heavy atom. The van der Waals surface area contributed by atoms with Crippen molar-refractivity contribution in [2.75, 3.05) is 7.11 Å². The van der Waals surface area contributed by atoms with Gasteiger partial charge in [0.2, 0.25) is 0 Å². The molecular weight excluding hydrogens is 609 g/mol. The molecule has 5 rings (SSSR count). The van der Waals surface area contributed by atoms with Crippen LogP contribution in [0.2, 0.25) is 0 Å². The van der Waals surface area contributed by atoms with Gasteiger partial charge < -0.3 is 14.6 Å². The molecule has 2 heterocycles. The number of rotatable bonds is 5. The number of hydrogen-bond donors (Lipinski definition) is 1. The molecule has 2 aromatic rings. The third-order valence-corrected chi connectivity index (χ3v) is 12.0. The second kappa shape index (κ2) is 13.5. The number of methoxy groups -OCH3 is 1. The Balaban J connectivity index is 1.60. The first-order chi connectivity index (χ1) is 21.7. The monoisotopic (exact) mass is 654 g/mol. The number of hydrogen-bond acceptors (Lipinski definition) is 6. The van der Waals surface area contributed by atoms with E-state index < -0.39 is 18.4 Å². The van der Waals surface area contributed by atoms with Gasteiger partial charge in [-0.2, -0.15) is 0 Å². The standard InChI is InChI=1S/C40H46O4S2/c1-24(28-20-30(26-16-12-10-13-17-26)45-32(22-28)39(3,4)5)34-36(41)35(37(34)44-38(42)43-9)25(2)29-21-31(27-18-14-11-15-19-27)46-33(23-29)40(6,7)8/h10-23,34-37,41H,1-9H3/b28-24-,29-25-. The van der Waals surface area contributed by atoms with E-state index in [1.54, 1.807) is 23.5 Å². The second-order valence-electron chi connectivity index (χ2n) is 14.3. The van der Waals surface area contributed by atoms with Gasteiger partial charge >= 0.3 is 6.16 Å². The summed E-state index contributed by atoms with van der Waals surface area (Å²) in [5.74, 6) is -0.768. The van der Waals surface area contributed by atoms with Crippen LogP contribution in [0, 0.1) is 22.7 Å². The van der Waals surface area contributed by atoms with Crippen LogP contribution < -0.4 is 0 Å². The summed E-state index contributed by atoms with van der Waals surface area (Å²) in [4.78, 5) is 17.5. The lowest BCUT2D eigenvalue weighted by Gasteiger charge is -2.50. The summed E-state index contributed by atoms with van der Waals surface area (Å²) in [7, 11) is 1.33. The molecule has 0 bridgehead atoms. The summed E-state index contributed by atoms with van der Waals surface area (Å²) in [6, 6.07) is 20.8. The molecule has 1 aliphatic carbocycles. The molecule has 1 fully saturated rings. The van der Waals surface area contributed by atoms with Gasteiger partial charge in [-0.25, -0.2) is 4.79 Å². The number of benzene rings is 2. The van der Waals surface area contributed by atoms with Crippen LogP contribution in [0.3, 0.4) is 0 Å². The molecule has 46 heavy (non-hydrogen) atoms. The quantitative estimate of drug-likeness (QED) is 0.324. The highest BCUT2D eigenvalue weighted by molar-refractivity contribution is 8.12. The van der Waals surface area contributed by atoms with E-state index in [2.05, 4.69) is 128 Å². The van der Waals surface area contributed by atoms with Crippen LogP contribution in [-0.4, -0.2) is 30.6 Å². The van der Waals surface area contributed by atoms with Gasteiger partial charge in [0, 0.05) is 21.6 Å². The van der Waals surface area contributed by atoms with Gasteiger partial charge in [0.05, 0.1) is 13.2 Å². The van der Waals surface area contributed by atoms with Crippen molar-refractivity contribution in [3.8, 4) is 0 Å². The minimum atomic E-state index is -0.737. The first-order valence-electron chi connectivity index (χ1n) is 15.9. The van der Waals surface area contributed by atoms with E-state index >= 15 is 0 Å². The molecule has 1 saturated carbocycles. The van der Waals surface area contributed by atoms with Crippen molar-refractivity contribution in [2.45, 2.75) is 67.6 Å². The molecule has 2 atom stereocenters. The zero-order chi connectivity index (χ0) is 33.4. The normalized spacial score (nSPS) is 25.7. The zero-order valence-electron chi connectivity index (χ0n) is 28.4. The van der Waals surface area contributed by atoms with Crippen LogP contribution in [-0.2, 0) is 9.47 Å². The zero-order valence-corrected chi connectivity index (χ0v) is 30.0. The minimum Gasteiger partial charge on any atom is -0.438 e. The molecule has 6 heteroatoms. The van der Waals surface area contributed by atoms with E-state index in [1.165, 1.54) is 16.9 Å². The molecule has 0 aromatic heterocycles. The summed E-state index contributed by atoms with van der Waals surface area (Å²) in [5, 5.41) is 11.9. The molecule has 4 nitrogen and oxygen atoms in total. The van der Waals surface area contributed by atoms with Gasteiger partial charge in [-0.3, -0.25) is 0 Å². The summed E-state index contributed by atoms with van der Waals surface area (Å²) in [6.07, 6.45) is 6.83. The van der Waals surface area contributed by atoms with E-state index in [0.29, 0.717) is 0 Å². The maximum Gasteiger partial charge on any atom is 0.508 e. The topological polar surface area (TPSA) is 55.8 Å². The molecule has 2 unspecified atom stereocenters. The van der Waals surface area contributed by atoms with E-state index in [4.69, 9.17) is 9.47 Å². The van der Waals surface area contributed by atoms with Crippen molar-refractivity contribution in [1.82, 2.24) is 0 Å². The van der Waals surface area contributed by atoms with Crippen molar-refractivity contribution in [2.24, 2.45) is 22.7 Å². The van der Waals surface area contributed by atoms with Crippen molar-refractivity contribution >= 4 is 39.5 Å². The second-order valence-corrected chi connectivity index (χ2v) is 16.5. The molecule has 1 N–H and O–H groups in total. The van der Waals surface area contributed by atoms with Gasteiger partial charge in [-0.1, -0.05) is 137 Å². The predicted molar refractivity (Wildman–Crippen MR) is 195 cm³/mol. The summed E-state index contributed by atoms with van der Waals surface area (Å²) >= 11 is 3.58. The largest absolute Gasteiger partial charge is 0.508 e. The average molecular weight is 655 g/mol. The van der Waals surface area contributed by atoms with Crippen molar-refractivity contribution < 1.29 is 19.4 Å². The van der Waals surface area contributed by atoms with Gasteiger partial charge in [0.1, 0.15) is 6.10 Å². The van der Waals surface area contributed by atoms with Crippen LogP contribution in [0.15, 0.2) is 117 Å². The van der Waals surface area contributed by atoms with Crippen LogP contribution >= 0.6 is 23.5 Å². The molecule has 0 radical (unpaired) electrons. The van der Waals surface area contributed by atoms with Crippen LogP contribution in [0.4, 0.5) is 4.79 Å². The summed E-state index contributed by atoms with van der Waals surface area (Å²) in [5.41, 5.74) is 6.27. The lowest BCUT2D eigenvalue weighted by molar-refractivity contribution is -0.133. The van der Waals surface area contributed by atoms with Gasteiger partial charge in [-0.05, 0) is 81.1 Å². The lowest BCUT2D eigenvalue weighted by Crippen LogP contribution is -2.58. The number of allylic oxidation sites excluding steroid dienone is 8. The Morgan fingerprint density at radius 3 is 1.41 bits per heavy atom. The van der Waals surface area contributed by atoms with E-state index in [1.807, 2.05) is 12.1 Å². The number of thioether (sulfide) groups is 2. The van der Waals surface area contributed by atoms with Crippen molar-refractivity contribution in [3.05, 3.63) is 128 Å². The maximum absolute atomic E-state index is 12.6. The van der Waals surface area contributed by atoms with Crippen molar-refractivity contribution in [3.63, 3.8) is 0 Å². The van der Waals surface area contributed by atoms with Crippen LogP contribution in [0.25, 0.3) is 9.81 Å². The third kappa shape index (κ3) is 7.20. The van der Waals surface area contributed by atoms with Crippen molar-refractivity contribution in [1.29, 1.82) is 0 Å². The molecule has 0 spiro atoms. The average Bonchev–Trinajstić information content (AvgIpc) is 3.04. The molecule has 2 aliphatic heterocycles. The smallest absolute Gasteiger partial charge is 0.438 e. The Hall–Kier alpha value is -3.19. The summed E-state index contributed by atoms with van der Waals surface area (Å²) in [6.45, 7) is 17.4. The Bertz CT molecular complexity index is 1550. The molecule has 0 amide bonds. The molecule has 242 valence electrons. The first kappa shape index (κ1) is 34.2. The lowest BCUT2D eigenvalue weighted by atomic mass is 9.61. The predicted octanol–water partition coefficient (Wildman–Crippen LogP) is 10.8. The number of aliphatic hydroxyl groups excluding tert-OH is 1. The first-order valence-corrected chi connectivity index (χ1v) is 17.5. The van der Waals surface area contributed by atoms with Crippen LogP contribution in [0.1, 0.15) is 66.5 Å². The fourth-order valence-corrected chi connectivity index (χ4v) is 8.41. The fraction of sp³-hybridized carbons (Fsp3) is 0.375. The Kier molecular flexibility index (Phi) is 10.0. The minimum absolute atomic E-state index is 0.0624. The number of ether oxygens (including phenoxy) is 2. The maximum atomic E-state index is 12.6. The number of carbonyl (C=O) groups is 1. The van der Waals surface area contributed by atoms with E-state index in [9.17, 15) is 9.90 Å². The highest BCUT2D eigenvalue weighted by Crippen LogP contribution is 2.53. The summed E-state index contributed by atoms with van der Waals surface area (Å²) < 4.78 is 11.0. The Labute approximate surface area is 283 Å². The SMILES string of the molecule is COC(=O)OC1C(/C(C)=C2/C=C(c3ccccc3)SC(C(C)(C)C)=C2)C(O)C1/C(C)=C1/C=C(c2ccccc2)SC(C(C)(C)C)=C1. The molecular formula is C40H46O4S2. The number of aliphatic hydroxyl groups is 1. The van der Waals surface area contributed by atoms with Gasteiger partial charge in [-0.15, -0.1) is 0 Å². The van der Waals surface area contributed by atoms with E-state index in [0.717, 1.165) is 43.2 Å². The van der Waals surface area contributed by atoms with E-state index in [-0.39, 0.29) is 22.7 Å². The molecule has 2 aromatic carbocycles. The van der Waals surface area contributed by atoms with Gasteiger partial charge in [0.15, 0.2) is 0 Å². The fourth-order valence-electron chi connectivity index (χ4n) is 6.07. The Morgan fingerprint density at radius 1 is 0.674 bits per heavy atom. The van der Waals surface area contributed by atoms with Crippen LogP contribution in [0.5, 0.6) is 0 Å². The number of carbonyl (C=O) groups excluding carboxylic acids is 1. The molecule has 3 aliphatic rings. The highest BCUT2D eigenvalue weighted by atomic mass is 32.2. The third-order valence-electron chi connectivity index (χ3n) is 8.93. The van der Waals surface area contributed by atoms with Gasteiger partial charge in [0.25, 0.3) is 0 Å². The molecule has 0 saturated heterocycles.